The maximum atomic E-state index is 12.2. The van der Waals surface area contributed by atoms with Crippen molar-refractivity contribution in [2.45, 2.75) is 32.7 Å². The van der Waals surface area contributed by atoms with Crippen molar-refractivity contribution in [3.63, 3.8) is 0 Å². The number of aliphatic imine (C=N–C) groups is 1. The fourth-order valence-corrected chi connectivity index (χ4v) is 2.95. The minimum Gasteiger partial charge on any atom is -0.379 e. The van der Waals surface area contributed by atoms with Gasteiger partial charge in [-0.3, -0.25) is 4.90 Å². The fraction of sp³-hybridized carbons (Fsp3) is 0.650. The van der Waals surface area contributed by atoms with Gasteiger partial charge < -0.3 is 20.1 Å². The first-order valence-electron chi connectivity index (χ1n) is 10.0. The maximum Gasteiger partial charge on any atom is 0.411 e. The SMILES string of the molecule is CCNC(=NCc1cccc(COCC(F)(F)F)c1)NCCCN1CCOCC1.I. The van der Waals surface area contributed by atoms with Crippen LogP contribution in [0, 0.1) is 0 Å². The molecule has 0 unspecified atom stereocenters. The molecule has 10 heteroatoms. The maximum absolute atomic E-state index is 12.2. The van der Waals surface area contributed by atoms with Crippen molar-refractivity contribution in [3.8, 4) is 0 Å². The number of nitrogens with zero attached hydrogens (tertiary/aromatic N) is 2. The van der Waals surface area contributed by atoms with Crippen LogP contribution in [-0.2, 0) is 22.6 Å². The topological polar surface area (TPSA) is 58.1 Å². The predicted molar refractivity (Wildman–Crippen MR) is 122 cm³/mol. The molecule has 0 amide bonds. The van der Waals surface area contributed by atoms with Crippen molar-refractivity contribution < 1.29 is 22.6 Å². The Morgan fingerprint density at radius 3 is 2.63 bits per heavy atom. The van der Waals surface area contributed by atoms with Crippen LogP contribution in [0.3, 0.4) is 0 Å². The highest BCUT2D eigenvalue weighted by molar-refractivity contribution is 14.0. The zero-order chi connectivity index (χ0) is 21.0. The molecule has 0 atom stereocenters. The zero-order valence-corrected chi connectivity index (χ0v) is 19.7. The third-order valence-corrected chi connectivity index (χ3v) is 4.34. The lowest BCUT2D eigenvalue weighted by atomic mass is 10.1. The number of alkyl halides is 3. The summed E-state index contributed by atoms with van der Waals surface area (Å²) in [6.45, 7) is 7.29. The molecule has 1 heterocycles. The average molecular weight is 544 g/mol. The number of halogens is 4. The van der Waals surface area contributed by atoms with Crippen LogP contribution in [0.4, 0.5) is 13.2 Å². The van der Waals surface area contributed by atoms with Crippen molar-refractivity contribution in [3.05, 3.63) is 35.4 Å². The summed E-state index contributed by atoms with van der Waals surface area (Å²) in [5.41, 5.74) is 1.62. The minimum absolute atomic E-state index is 0. The highest BCUT2D eigenvalue weighted by Gasteiger charge is 2.27. The van der Waals surface area contributed by atoms with E-state index in [1.165, 1.54) is 0 Å². The Bertz CT molecular complexity index is 626. The Labute approximate surface area is 193 Å². The summed E-state index contributed by atoms with van der Waals surface area (Å²) in [4.78, 5) is 6.96. The zero-order valence-electron chi connectivity index (χ0n) is 17.3. The molecule has 2 rings (SSSR count). The number of nitrogens with one attached hydrogen (secondary N) is 2. The molecule has 0 aliphatic carbocycles. The average Bonchev–Trinajstić information content (AvgIpc) is 2.69. The monoisotopic (exact) mass is 544 g/mol. The van der Waals surface area contributed by atoms with Crippen molar-refractivity contribution in [2.24, 2.45) is 4.99 Å². The quantitative estimate of drug-likeness (QED) is 0.205. The van der Waals surface area contributed by atoms with Crippen LogP contribution in [0.5, 0.6) is 0 Å². The van der Waals surface area contributed by atoms with Crippen molar-refractivity contribution in [1.82, 2.24) is 15.5 Å². The number of hydrogen-bond acceptors (Lipinski definition) is 4. The number of benzene rings is 1. The number of hydrogen-bond donors (Lipinski definition) is 2. The van der Waals surface area contributed by atoms with E-state index in [0.717, 1.165) is 63.9 Å². The number of rotatable bonds is 10. The summed E-state index contributed by atoms with van der Waals surface area (Å²) in [6.07, 6.45) is -3.30. The van der Waals surface area contributed by atoms with Gasteiger partial charge in [0.2, 0.25) is 0 Å². The van der Waals surface area contributed by atoms with Crippen LogP contribution in [0.1, 0.15) is 24.5 Å². The first kappa shape index (κ1) is 26.9. The molecule has 0 radical (unpaired) electrons. The highest BCUT2D eigenvalue weighted by atomic mass is 127. The number of guanidine groups is 1. The van der Waals surface area contributed by atoms with Gasteiger partial charge in [-0.15, -0.1) is 24.0 Å². The van der Waals surface area contributed by atoms with Crippen molar-refractivity contribution in [1.29, 1.82) is 0 Å². The van der Waals surface area contributed by atoms with Crippen LogP contribution >= 0.6 is 24.0 Å². The Hall–Kier alpha value is -1.11. The second-order valence-electron chi connectivity index (χ2n) is 6.86. The van der Waals surface area contributed by atoms with Crippen LogP contribution in [-0.4, -0.2) is 69.6 Å². The van der Waals surface area contributed by atoms with Gasteiger partial charge in [0.05, 0.1) is 26.4 Å². The van der Waals surface area contributed by atoms with E-state index < -0.39 is 12.8 Å². The van der Waals surface area contributed by atoms with Gasteiger partial charge in [0.25, 0.3) is 0 Å². The summed E-state index contributed by atoms with van der Waals surface area (Å²) in [7, 11) is 0. The van der Waals surface area contributed by atoms with Gasteiger partial charge in [-0.1, -0.05) is 24.3 Å². The molecule has 2 N–H and O–H groups in total. The normalized spacial score (nSPS) is 15.5. The molecule has 0 bridgehead atoms. The third-order valence-electron chi connectivity index (χ3n) is 4.34. The third kappa shape index (κ3) is 11.9. The van der Waals surface area contributed by atoms with Gasteiger partial charge in [-0.2, -0.15) is 13.2 Å². The van der Waals surface area contributed by atoms with Crippen LogP contribution in [0.25, 0.3) is 0 Å². The van der Waals surface area contributed by atoms with Gasteiger partial charge >= 0.3 is 6.18 Å². The van der Waals surface area contributed by atoms with Crippen LogP contribution in [0.15, 0.2) is 29.3 Å². The molecule has 0 aromatic heterocycles. The lowest BCUT2D eigenvalue weighted by Gasteiger charge is -2.26. The second kappa shape index (κ2) is 14.8. The van der Waals surface area contributed by atoms with E-state index in [4.69, 9.17) is 9.47 Å². The molecule has 1 saturated heterocycles. The highest BCUT2D eigenvalue weighted by Crippen LogP contribution is 2.16. The number of morpholine rings is 1. The molecule has 1 aliphatic rings. The van der Waals surface area contributed by atoms with E-state index in [1.54, 1.807) is 12.1 Å². The second-order valence-corrected chi connectivity index (χ2v) is 6.86. The van der Waals surface area contributed by atoms with E-state index in [1.807, 2.05) is 19.1 Å². The smallest absolute Gasteiger partial charge is 0.379 e. The van der Waals surface area contributed by atoms with Crippen molar-refractivity contribution in [2.75, 3.05) is 52.5 Å². The Kier molecular flexibility index (Phi) is 13.3. The van der Waals surface area contributed by atoms with Crippen molar-refractivity contribution >= 4 is 29.9 Å². The Balaban J connectivity index is 0.00000450. The summed E-state index contributed by atoms with van der Waals surface area (Å²) in [5, 5.41) is 6.54. The Morgan fingerprint density at radius 2 is 1.93 bits per heavy atom. The van der Waals surface area contributed by atoms with Gasteiger partial charge in [0.1, 0.15) is 6.61 Å². The van der Waals surface area contributed by atoms with Gasteiger partial charge in [-0.25, -0.2) is 4.99 Å². The van der Waals surface area contributed by atoms with Gasteiger partial charge in [-0.05, 0) is 31.0 Å². The molecule has 172 valence electrons. The molecule has 1 aromatic carbocycles. The largest absolute Gasteiger partial charge is 0.411 e. The Morgan fingerprint density at radius 1 is 1.20 bits per heavy atom. The van der Waals surface area contributed by atoms with E-state index in [0.29, 0.717) is 12.1 Å². The fourth-order valence-electron chi connectivity index (χ4n) is 2.95. The first-order valence-corrected chi connectivity index (χ1v) is 10.0. The molecular formula is C20H32F3IN4O2. The molecule has 0 spiro atoms. The summed E-state index contributed by atoms with van der Waals surface area (Å²) < 4.78 is 46.6. The summed E-state index contributed by atoms with van der Waals surface area (Å²) >= 11 is 0. The standard InChI is InChI=1S/C20H31F3N4O2.HI/c1-2-24-19(25-7-4-8-27-9-11-28-12-10-27)26-14-17-5-3-6-18(13-17)15-29-16-20(21,22)23;/h3,5-6,13H,2,4,7-12,14-16H2,1H3,(H2,24,25,26);1H. The van der Waals surface area contributed by atoms with E-state index in [9.17, 15) is 13.2 Å². The minimum atomic E-state index is -4.31. The summed E-state index contributed by atoms with van der Waals surface area (Å²) in [6, 6.07) is 7.28. The molecule has 0 saturated carbocycles. The van der Waals surface area contributed by atoms with Crippen LogP contribution in [0.2, 0.25) is 0 Å². The number of ether oxygens (including phenoxy) is 2. The molecule has 1 aliphatic heterocycles. The van der Waals surface area contributed by atoms with Crippen LogP contribution < -0.4 is 10.6 Å². The predicted octanol–water partition coefficient (Wildman–Crippen LogP) is 3.16. The molecule has 1 aromatic rings. The molecule has 6 nitrogen and oxygen atoms in total. The molecule has 1 fully saturated rings. The first-order chi connectivity index (χ1) is 14.0. The van der Waals surface area contributed by atoms with E-state index in [-0.39, 0.29) is 30.6 Å². The van der Waals surface area contributed by atoms with Gasteiger partial charge in [0, 0.05) is 26.2 Å². The van der Waals surface area contributed by atoms with E-state index >= 15 is 0 Å². The summed E-state index contributed by atoms with van der Waals surface area (Å²) in [5.74, 6) is 0.730. The molecule has 30 heavy (non-hydrogen) atoms. The lowest BCUT2D eigenvalue weighted by Crippen LogP contribution is -2.40. The molecular weight excluding hydrogens is 512 g/mol. The van der Waals surface area contributed by atoms with Gasteiger partial charge in [0.15, 0.2) is 5.96 Å². The lowest BCUT2D eigenvalue weighted by molar-refractivity contribution is -0.176. The van der Waals surface area contributed by atoms with E-state index in [2.05, 4.69) is 20.5 Å².